The quantitative estimate of drug-likeness (QED) is 0.697. The Bertz CT molecular complexity index is 338. The minimum absolute atomic E-state index is 0.403. The van der Waals surface area contributed by atoms with E-state index in [-0.39, 0.29) is 0 Å². The molecule has 0 radical (unpaired) electrons. The topological polar surface area (TPSA) is 21.3 Å². The zero-order chi connectivity index (χ0) is 14.1. The summed E-state index contributed by atoms with van der Waals surface area (Å²) in [6, 6.07) is 8.34. The summed E-state index contributed by atoms with van der Waals surface area (Å²) in [5, 5.41) is 3.60. The largest absolute Gasteiger partial charge is 0.497 e. The van der Waals surface area contributed by atoms with Gasteiger partial charge in [-0.05, 0) is 49.8 Å². The van der Waals surface area contributed by atoms with Gasteiger partial charge in [-0.3, -0.25) is 0 Å². The Balaban J connectivity index is 2.33. The highest BCUT2D eigenvalue weighted by atomic mass is 32.2. The molecule has 1 N–H and O–H groups in total. The normalized spacial score (nSPS) is 11.6. The molecule has 2 nitrogen and oxygen atoms in total. The van der Waals surface area contributed by atoms with Crippen LogP contribution in [0.15, 0.2) is 24.3 Å². The maximum atomic E-state index is 5.16. The third kappa shape index (κ3) is 5.07. The van der Waals surface area contributed by atoms with Crippen LogP contribution in [0.1, 0.15) is 32.3 Å². The first-order valence-electron chi connectivity index (χ1n) is 7.08. The Kier molecular flexibility index (Phi) is 7.32. The van der Waals surface area contributed by atoms with Gasteiger partial charge in [-0.25, -0.2) is 0 Å². The van der Waals surface area contributed by atoms with Crippen LogP contribution in [0, 0.1) is 0 Å². The molecule has 0 heterocycles. The monoisotopic (exact) mass is 281 g/mol. The second-order valence-corrected chi connectivity index (χ2v) is 6.14. The van der Waals surface area contributed by atoms with E-state index in [1.54, 1.807) is 7.11 Å². The Labute approximate surface area is 122 Å². The molecular formula is C16H27NOS. The van der Waals surface area contributed by atoms with Crippen molar-refractivity contribution in [1.29, 1.82) is 0 Å². The number of hydrogen-bond acceptors (Lipinski definition) is 3. The lowest BCUT2D eigenvalue weighted by molar-refractivity contribution is 0.414. The molecule has 1 rings (SSSR count). The molecule has 108 valence electrons. The Morgan fingerprint density at radius 2 is 1.79 bits per heavy atom. The average molecular weight is 281 g/mol. The maximum Gasteiger partial charge on any atom is 0.118 e. The lowest BCUT2D eigenvalue weighted by atomic mass is 10.0. The molecule has 0 atom stereocenters. The molecule has 0 bridgehead atoms. The predicted molar refractivity (Wildman–Crippen MR) is 86.4 cm³/mol. The van der Waals surface area contributed by atoms with Gasteiger partial charge in [0.2, 0.25) is 0 Å². The van der Waals surface area contributed by atoms with Crippen LogP contribution < -0.4 is 10.1 Å². The SMILES string of the molecule is CCC(CC)(CNCCc1ccc(OC)cc1)SC. The van der Waals surface area contributed by atoms with E-state index in [4.69, 9.17) is 4.74 Å². The molecule has 0 aromatic heterocycles. The van der Waals surface area contributed by atoms with Crippen LogP contribution in [0.25, 0.3) is 0 Å². The number of hydrogen-bond donors (Lipinski definition) is 1. The molecule has 0 unspecified atom stereocenters. The molecule has 0 saturated heterocycles. The summed E-state index contributed by atoms with van der Waals surface area (Å²) in [6.07, 6.45) is 5.74. The Hall–Kier alpha value is -0.670. The highest BCUT2D eigenvalue weighted by molar-refractivity contribution is 8.00. The highest BCUT2D eigenvalue weighted by Crippen LogP contribution is 2.29. The van der Waals surface area contributed by atoms with E-state index < -0.39 is 0 Å². The minimum atomic E-state index is 0.403. The zero-order valence-corrected chi connectivity index (χ0v) is 13.5. The van der Waals surface area contributed by atoms with Crippen molar-refractivity contribution in [2.24, 2.45) is 0 Å². The van der Waals surface area contributed by atoms with Crippen molar-refractivity contribution in [3.63, 3.8) is 0 Å². The number of benzene rings is 1. The number of methoxy groups -OCH3 is 1. The zero-order valence-electron chi connectivity index (χ0n) is 12.7. The van der Waals surface area contributed by atoms with Crippen LogP contribution in [-0.4, -0.2) is 31.2 Å². The Morgan fingerprint density at radius 3 is 2.26 bits per heavy atom. The van der Waals surface area contributed by atoms with Crippen molar-refractivity contribution in [3.05, 3.63) is 29.8 Å². The van der Waals surface area contributed by atoms with E-state index in [2.05, 4.69) is 37.6 Å². The van der Waals surface area contributed by atoms with Crippen molar-refractivity contribution in [1.82, 2.24) is 5.32 Å². The van der Waals surface area contributed by atoms with E-state index >= 15 is 0 Å². The molecule has 0 aliphatic heterocycles. The average Bonchev–Trinajstić information content (AvgIpc) is 2.49. The molecule has 0 fully saturated rings. The minimum Gasteiger partial charge on any atom is -0.497 e. The van der Waals surface area contributed by atoms with Gasteiger partial charge in [0.1, 0.15) is 5.75 Å². The van der Waals surface area contributed by atoms with Gasteiger partial charge < -0.3 is 10.1 Å². The van der Waals surface area contributed by atoms with Gasteiger partial charge in [-0.2, -0.15) is 11.8 Å². The smallest absolute Gasteiger partial charge is 0.118 e. The van der Waals surface area contributed by atoms with Crippen molar-refractivity contribution in [2.75, 3.05) is 26.5 Å². The van der Waals surface area contributed by atoms with Gasteiger partial charge in [-0.15, -0.1) is 0 Å². The van der Waals surface area contributed by atoms with Crippen LogP contribution in [0.2, 0.25) is 0 Å². The number of ether oxygens (including phenoxy) is 1. The first-order valence-corrected chi connectivity index (χ1v) is 8.31. The summed E-state index contributed by atoms with van der Waals surface area (Å²) in [6.45, 7) is 6.70. The van der Waals surface area contributed by atoms with E-state index in [0.29, 0.717) is 4.75 Å². The number of rotatable bonds is 9. The first kappa shape index (κ1) is 16.4. The van der Waals surface area contributed by atoms with E-state index in [1.165, 1.54) is 18.4 Å². The third-order valence-corrected chi connectivity index (χ3v) is 5.51. The highest BCUT2D eigenvalue weighted by Gasteiger charge is 2.23. The van der Waals surface area contributed by atoms with Crippen molar-refractivity contribution in [2.45, 2.75) is 37.9 Å². The van der Waals surface area contributed by atoms with Crippen LogP contribution in [0.3, 0.4) is 0 Å². The summed E-state index contributed by atoms with van der Waals surface area (Å²) >= 11 is 1.99. The number of nitrogens with one attached hydrogen (secondary N) is 1. The summed E-state index contributed by atoms with van der Waals surface area (Å²) in [7, 11) is 1.70. The van der Waals surface area contributed by atoms with E-state index in [1.807, 2.05) is 23.9 Å². The molecule has 1 aromatic rings. The first-order chi connectivity index (χ1) is 9.19. The fraction of sp³-hybridized carbons (Fsp3) is 0.625. The molecule has 3 heteroatoms. The second-order valence-electron chi connectivity index (χ2n) is 4.87. The van der Waals surface area contributed by atoms with Crippen molar-refractivity contribution >= 4 is 11.8 Å². The van der Waals surface area contributed by atoms with Crippen molar-refractivity contribution < 1.29 is 4.74 Å². The number of thioether (sulfide) groups is 1. The molecule has 1 aromatic carbocycles. The maximum absolute atomic E-state index is 5.16. The predicted octanol–water partition coefficient (Wildman–Crippen LogP) is 3.75. The fourth-order valence-corrected chi connectivity index (χ4v) is 3.03. The molecule has 0 aliphatic carbocycles. The van der Waals surface area contributed by atoms with Crippen LogP contribution in [0.5, 0.6) is 5.75 Å². The molecule has 0 spiro atoms. The Morgan fingerprint density at radius 1 is 1.16 bits per heavy atom. The molecule has 19 heavy (non-hydrogen) atoms. The molecule has 0 saturated carbocycles. The fourth-order valence-electron chi connectivity index (χ4n) is 2.20. The summed E-state index contributed by atoms with van der Waals surface area (Å²) < 4.78 is 5.57. The second kappa shape index (κ2) is 8.49. The lowest BCUT2D eigenvalue weighted by Gasteiger charge is -2.30. The van der Waals surface area contributed by atoms with Gasteiger partial charge in [0.15, 0.2) is 0 Å². The van der Waals surface area contributed by atoms with Crippen molar-refractivity contribution in [3.8, 4) is 5.75 Å². The van der Waals surface area contributed by atoms with Gasteiger partial charge >= 0.3 is 0 Å². The van der Waals surface area contributed by atoms with Gasteiger partial charge in [0.05, 0.1) is 7.11 Å². The summed E-state index contributed by atoms with van der Waals surface area (Å²) in [4.78, 5) is 0. The van der Waals surface area contributed by atoms with Gasteiger partial charge in [0.25, 0.3) is 0 Å². The van der Waals surface area contributed by atoms with E-state index in [9.17, 15) is 0 Å². The molecular weight excluding hydrogens is 254 g/mol. The van der Waals surface area contributed by atoms with Gasteiger partial charge in [0, 0.05) is 11.3 Å². The van der Waals surface area contributed by atoms with Crippen LogP contribution >= 0.6 is 11.8 Å². The molecule has 0 aliphatic rings. The van der Waals surface area contributed by atoms with Gasteiger partial charge in [-0.1, -0.05) is 26.0 Å². The summed E-state index contributed by atoms with van der Waals surface area (Å²) in [5.74, 6) is 0.926. The van der Waals surface area contributed by atoms with Crippen LogP contribution in [-0.2, 0) is 6.42 Å². The van der Waals surface area contributed by atoms with E-state index in [0.717, 1.165) is 25.3 Å². The lowest BCUT2D eigenvalue weighted by Crippen LogP contribution is -2.37. The standard InChI is InChI=1S/C16H27NOS/c1-5-16(6-2,19-4)13-17-12-11-14-7-9-15(18-3)10-8-14/h7-10,17H,5-6,11-13H2,1-4H3. The summed E-state index contributed by atoms with van der Waals surface area (Å²) in [5.41, 5.74) is 1.36. The molecule has 0 amide bonds. The van der Waals surface area contributed by atoms with Crippen LogP contribution in [0.4, 0.5) is 0 Å². The third-order valence-electron chi connectivity index (χ3n) is 3.92.